The molecule has 0 saturated heterocycles. The largest absolute Gasteiger partial charge is 0.481 e. The first kappa shape index (κ1) is 52.2. The molecule has 358 valence electrons. The van der Waals surface area contributed by atoms with Crippen LogP contribution >= 0.6 is 0 Å². The summed E-state index contributed by atoms with van der Waals surface area (Å²) < 4.78 is 173. The smallest absolute Gasteiger partial charge is 0.303 e. The summed E-state index contributed by atoms with van der Waals surface area (Å²) in [6, 6.07) is 9.29. The van der Waals surface area contributed by atoms with Crippen LogP contribution < -0.4 is 4.90 Å². The van der Waals surface area contributed by atoms with Gasteiger partial charge in [0.15, 0.2) is 0 Å². The van der Waals surface area contributed by atoms with E-state index in [1.807, 2.05) is 4.90 Å². The summed E-state index contributed by atoms with van der Waals surface area (Å²) in [7, 11) is -24.5. The third-order valence-electron chi connectivity index (χ3n) is 11.7. The number of carboxylic acids is 1. The second-order valence-electron chi connectivity index (χ2n) is 16.7. The highest BCUT2D eigenvalue weighted by atomic mass is 32.2. The maximum Gasteiger partial charge on any atom is 0.303 e. The Bertz CT molecular complexity index is 3340. The highest BCUT2D eigenvalue weighted by Gasteiger charge is 2.42. The van der Waals surface area contributed by atoms with Crippen LogP contribution in [0.15, 0.2) is 116 Å². The van der Waals surface area contributed by atoms with Gasteiger partial charge in [0.1, 0.15) is 9.79 Å². The molecule has 1 aliphatic heterocycles. The van der Waals surface area contributed by atoms with E-state index in [0.717, 1.165) is 12.1 Å². The van der Waals surface area contributed by atoms with E-state index in [0.29, 0.717) is 66.0 Å². The molecule has 0 bridgehead atoms. The fraction of sp³-hybridized carbons (Fsp3) is 0.326. The molecule has 23 heteroatoms. The maximum atomic E-state index is 12.5. The van der Waals surface area contributed by atoms with Gasteiger partial charge in [-0.05, 0) is 102 Å². The van der Waals surface area contributed by atoms with Crippen molar-refractivity contribution >= 4 is 83.8 Å². The normalized spacial score (nSPS) is 16.4. The van der Waals surface area contributed by atoms with Crippen LogP contribution in [0.1, 0.15) is 76.0 Å². The number of allylic oxidation sites excluding steroid dienone is 7. The van der Waals surface area contributed by atoms with Crippen molar-refractivity contribution < 1.29 is 74.8 Å². The average Bonchev–Trinajstić information content (AvgIpc) is 3.39. The molecule has 5 rings (SSSR count). The average molecular weight is 1010 g/mol. The topological polar surface area (TPSA) is 312 Å². The van der Waals surface area contributed by atoms with Crippen molar-refractivity contribution in [3.05, 3.63) is 113 Å². The zero-order valence-corrected chi connectivity index (χ0v) is 40.1. The maximum absolute atomic E-state index is 12.5. The van der Waals surface area contributed by atoms with Crippen LogP contribution in [0, 0.1) is 6.92 Å². The van der Waals surface area contributed by atoms with Crippen molar-refractivity contribution in [3.63, 3.8) is 0 Å². The van der Waals surface area contributed by atoms with Gasteiger partial charge in [0.05, 0.1) is 15.5 Å². The van der Waals surface area contributed by atoms with Gasteiger partial charge in [-0.15, -0.1) is 0 Å². The van der Waals surface area contributed by atoms with Gasteiger partial charge in [-0.25, -0.2) is 0 Å². The number of aryl methyl sites for hydroxylation is 1. The predicted molar refractivity (Wildman–Crippen MR) is 247 cm³/mol. The number of hydrogen-bond acceptors (Lipinski definition) is 12. The minimum atomic E-state index is -5.07. The molecule has 1 aliphatic rings. The quantitative estimate of drug-likeness (QED) is 0.0307. The molecule has 1 atom stereocenters. The lowest BCUT2D eigenvalue weighted by Crippen LogP contribution is -2.27. The molecule has 0 amide bonds. The summed E-state index contributed by atoms with van der Waals surface area (Å²) in [6.45, 7) is 11.4. The van der Waals surface area contributed by atoms with Gasteiger partial charge in [0, 0.05) is 46.0 Å². The number of hydrogen-bond donors (Lipinski definition) is 6. The number of benzene rings is 4. The van der Waals surface area contributed by atoms with Crippen molar-refractivity contribution in [1.29, 1.82) is 0 Å². The first-order chi connectivity index (χ1) is 30.2. The summed E-state index contributed by atoms with van der Waals surface area (Å²) in [6.07, 6.45) is 9.28. The van der Waals surface area contributed by atoms with E-state index in [1.165, 1.54) is 18.2 Å². The number of rotatable bonds is 19. The zero-order valence-electron chi connectivity index (χ0n) is 36.0. The van der Waals surface area contributed by atoms with Crippen molar-refractivity contribution in [2.24, 2.45) is 0 Å². The Labute approximate surface area is 383 Å². The molecular formula is C43H49NO17S5. The molecular weight excluding hydrogens is 963 g/mol. The number of anilines is 1. The molecule has 0 aromatic heterocycles. The number of nitrogens with zero attached hydrogens (tertiary/aromatic N) is 1. The van der Waals surface area contributed by atoms with Crippen LogP contribution in [-0.2, 0) is 66.2 Å². The number of fused-ring (bicyclic) bond motifs is 4. The Morgan fingerprint density at radius 2 is 1.24 bits per heavy atom. The standard InChI is InChI=1S/C43H49NO17S5/c1-27-16-17-31-33(23-29(63(50,51)52)25-36(31)65(56,57)58)40(27)43(5,20-12-22-62(47,48)49)28(2)13-8-6-9-14-38-42(3,4)41-34-24-30(64(53,54)55)26-37(66(59,60)61)32(34)18-19-35(41)44(38)21-11-7-10-15-39(45)46/h6,8-9,13-14,16-19,23-26H,2,7,10-12,15,20-22H2,1,3-5H3,(H,45,46)(H,47,48,49)(H,50,51,52)(H,53,54,55)(H,56,57,58)(H,59,60,61)/b9-6+,13-8+,38-14+. The van der Waals surface area contributed by atoms with E-state index < -0.39 is 92.7 Å². The molecule has 0 spiro atoms. The summed E-state index contributed by atoms with van der Waals surface area (Å²) in [5.41, 5.74) is 0.325. The lowest BCUT2D eigenvalue weighted by Gasteiger charge is -2.34. The summed E-state index contributed by atoms with van der Waals surface area (Å²) in [5, 5.41) is 9.12. The first-order valence-corrected chi connectivity index (χ1v) is 27.3. The van der Waals surface area contributed by atoms with Crippen LogP contribution in [0.3, 0.4) is 0 Å². The Kier molecular flexibility index (Phi) is 14.8. The zero-order chi connectivity index (χ0) is 49.6. The Morgan fingerprint density at radius 3 is 1.77 bits per heavy atom. The summed E-state index contributed by atoms with van der Waals surface area (Å²) >= 11 is 0. The highest BCUT2D eigenvalue weighted by Crippen LogP contribution is 2.52. The molecule has 1 heterocycles. The summed E-state index contributed by atoms with van der Waals surface area (Å²) in [5.74, 6) is -1.63. The molecule has 0 radical (unpaired) electrons. The Morgan fingerprint density at radius 1 is 0.697 bits per heavy atom. The van der Waals surface area contributed by atoms with Gasteiger partial charge in [0.2, 0.25) is 0 Å². The number of unbranched alkanes of at least 4 members (excludes halogenated alkanes) is 2. The Balaban J connectivity index is 1.64. The second kappa shape index (κ2) is 18.7. The van der Waals surface area contributed by atoms with Gasteiger partial charge >= 0.3 is 5.97 Å². The van der Waals surface area contributed by atoms with E-state index in [2.05, 4.69) is 6.58 Å². The van der Waals surface area contributed by atoms with Gasteiger partial charge in [-0.1, -0.05) is 76.3 Å². The van der Waals surface area contributed by atoms with E-state index in [9.17, 15) is 69.6 Å². The number of carboxylic acid groups (broad SMARTS) is 1. The Hall–Kier alpha value is -4.82. The summed E-state index contributed by atoms with van der Waals surface area (Å²) in [4.78, 5) is 9.92. The van der Waals surface area contributed by atoms with Crippen LogP contribution in [0.4, 0.5) is 5.69 Å². The van der Waals surface area contributed by atoms with Crippen molar-refractivity contribution in [3.8, 4) is 0 Å². The molecule has 0 fully saturated rings. The minimum Gasteiger partial charge on any atom is -0.481 e. The lowest BCUT2D eigenvalue weighted by molar-refractivity contribution is -0.137. The van der Waals surface area contributed by atoms with Crippen LogP contribution in [-0.4, -0.2) is 88.2 Å². The molecule has 0 saturated carbocycles. The van der Waals surface area contributed by atoms with Gasteiger partial charge in [0.25, 0.3) is 50.6 Å². The molecule has 0 aliphatic carbocycles. The van der Waals surface area contributed by atoms with Gasteiger partial charge in [-0.3, -0.25) is 27.6 Å². The number of aliphatic carboxylic acids is 1. The van der Waals surface area contributed by atoms with Crippen LogP contribution in [0.5, 0.6) is 0 Å². The van der Waals surface area contributed by atoms with E-state index in [4.69, 9.17) is 5.11 Å². The lowest BCUT2D eigenvalue weighted by atomic mass is 9.70. The molecule has 66 heavy (non-hydrogen) atoms. The molecule has 1 unspecified atom stereocenters. The van der Waals surface area contributed by atoms with E-state index in [1.54, 1.807) is 64.1 Å². The molecule has 4 aromatic carbocycles. The predicted octanol–water partition coefficient (Wildman–Crippen LogP) is 7.21. The highest BCUT2D eigenvalue weighted by molar-refractivity contribution is 7.87. The molecule has 4 aromatic rings. The van der Waals surface area contributed by atoms with Crippen LogP contribution in [0.25, 0.3) is 21.5 Å². The second-order valence-corrected chi connectivity index (χ2v) is 23.9. The van der Waals surface area contributed by atoms with E-state index >= 15 is 0 Å². The molecule has 18 nitrogen and oxygen atoms in total. The van der Waals surface area contributed by atoms with Crippen molar-refractivity contribution in [2.45, 2.75) is 96.6 Å². The van der Waals surface area contributed by atoms with E-state index in [-0.39, 0.29) is 46.4 Å². The first-order valence-electron chi connectivity index (χ1n) is 20.0. The minimum absolute atomic E-state index is 0.0131. The third-order valence-corrected chi connectivity index (χ3v) is 16.0. The molecule has 6 N–H and O–H groups in total. The monoisotopic (exact) mass is 1010 g/mol. The fourth-order valence-electron chi connectivity index (χ4n) is 8.66. The van der Waals surface area contributed by atoms with Crippen molar-refractivity contribution in [2.75, 3.05) is 17.2 Å². The number of carbonyl (C=O) groups is 1. The van der Waals surface area contributed by atoms with Gasteiger partial charge < -0.3 is 10.0 Å². The fourth-order valence-corrected chi connectivity index (χ4v) is 11.9. The SMILES string of the molecule is C=C(/C=C/C=C/C=C1/N(CCCCCC(=O)O)c2ccc3c(S(=O)(=O)O)cc(S(=O)(=O)O)cc3c2C1(C)C)C(C)(CCCS(=O)(=O)O)c1c(C)ccc2c(S(=O)(=O)O)cc(S(=O)(=O)O)cc12. The van der Waals surface area contributed by atoms with Crippen LogP contribution in [0.2, 0.25) is 0 Å². The third kappa shape index (κ3) is 11.3. The van der Waals surface area contributed by atoms with Crippen molar-refractivity contribution in [1.82, 2.24) is 0 Å². The van der Waals surface area contributed by atoms with Gasteiger partial charge in [-0.2, -0.15) is 42.1 Å².